The Morgan fingerprint density at radius 1 is 0.523 bits per heavy atom. The maximum absolute atomic E-state index is 10.6. The molecule has 0 aliphatic heterocycles. The number of aliphatic carboxylic acids is 1. The number of carbonyl (C=O) groups is 2. The Kier molecular flexibility index (Phi) is 13.0. The lowest BCUT2D eigenvalue weighted by Crippen LogP contribution is -2.10. The molecule has 0 heterocycles. The van der Waals surface area contributed by atoms with E-state index in [1.165, 1.54) is 0 Å². The van der Waals surface area contributed by atoms with E-state index < -0.39 is 5.97 Å². The third-order valence-corrected chi connectivity index (χ3v) is 6.53. The summed E-state index contributed by atoms with van der Waals surface area (Å²) in [7, 11) is 0. The van der Waals surface area contributed by atoms with Crippen LogP contribution in [0.3, 0.4) is 0 Å². The summed E-state index contributed by atoms with van der Waals surface area (Å²) in [4.78, 5) is 20.8. The summed E-state index contributed by atoms with van der Waals surface area (Å²) in [6.07, 6.45) is -0.0296. The number of ether oxygens (including phenoxy) is 5. The lowest BCUT2D eigenvalue weighted by atomic mass is 9.86. The first kappa shape index (κ1) is 32.0. The Hall–Kier alpha value is -4.92. The molecule has 0 bridgehead atoms. The molecule has 0 spiro atoms. The smallest absolute Gasteiger partial charge is 0.305 e. The lowest BCUT2D eigenvalue weighted by molar-refractivity contribution is -0.138. The molecular weight excluding hydrogens is 560 g/mol. The summed E-state index contributed by atoms with van der Waals surface area (Å²) in [5.41, 5.74) is 6.34. The van der Waals surface area contributed by atoms with Crippen molar-refractivity contribution in [3.63, 3.8) is 0 Å². The van der Waals surface area contributed by atoms with E-state index in [1.807, 2.05) is 72.8 Å². The van der Waals surface area contributed by atoms with Gasteiger partial charge in [-0.1, -0.05) is 84.9 Å². The standard InChI is InChI=1S/C36H36O8/c37-27-42-22-21-41-24-26-44-33-17-13-31(14-18-33)36(29-9-5-2-6-10-29)35(28-7-3-1-4-8-28)30-11-15-32(16-12-30)43-25-23-40-20-19-34(38)39/h1-18,27H,19-26H2,(H,38,39)/b36-35+. The van der Waals surface area contributed by atoms with E-state index in [0.29, 0.717) is 45.3 Å². The van der Waals surface area contributed by atoms with Crippen LogP contribution in [0.15, 0.2) is 109 Å². The zero-order valence-corrected chi connectivity index (χ0v) is 24.4. The molecule has 0 amide bonds. The Morgan fingerprint density at radius 2 is 0.932 bits per heavy atom. The monoisotopic (exact) mass is 596 g/mol. The van der Waals surface area contributed by atoms with Gasteiger partial charge in [0.25, 0.3) is 6.47 Å². The molecule has 0 unspecified atom stereocenters. The molecule has 4 rings (SSSR count). The number of hydrogen-bond acceptors (Lipinski definition) is 7. The second-order valence-electron chi connectivity index (χ2n) is 9.56. The third-order valence-electron chi connectivity index (χ3n) is 6.53. The molecular formula is C36H36O8. The normalized spacial score (nSPS) is 11.4. The van der Waals surface area contributed by atoms with Crippen molar-refractivity contribution >= 4 is 23.6 Å². The van der Waals surface area contributed by atoms with Gasteiger partial charge in [0.1, 0.15) is 31.3 Å². The quantitative estimate of drug-likeness (QED) is 0.0784. The summed E-state index contributed by atoms with van der Waals surface area (Å²) in [6, 6.07) is 36.5. The third kappa shape index (κ3) is 10.1. The van der Waals surface area contributed by atoms with Crippen LogP contribution < -0.4 is 9.47 Å². The van der Waals surface area contributed by atoms with Gasteiger partial charge in [-0.25, -0.2) is 0 Å². The fourth-order valence-electron chi connectivity index (χ4n) is 4.51. The highest BCUT2D eigenvalue weighted by atomic mass is 16.6. The summed E-state index contributed by atoms with van der Waals surface area (Å²) in [6.45, 7) is 2.50. The van der Waals surface area contributed by atoms with E-state index in [-0.39, 0.29) is 19.6 Å². The molecule has 228 valence electrons. The van der Waals surface area contributed by atoms with Gasteiger partial charge in [0.15, 0.2) is 0 Å². The Morgan fingerprint density at radius 3 is 1.36 bits per heavy atom. The van der Waals surface area contributed by atoms with E-state index in [4.69, 9.17) is 24.1 Å². The lowest BCUT2D eigenvalue weighted by Gasteiger charge is -2.19. The van der Waals surface area contributed by atoms with E-state index in [0.717, 1.165) is 39.1 Å². The van der Waals surface area contributed by atoms with Crippen molar-refractivity contribution in [2.45, 2.75) is 6.42 Å². The zero-order valence-electron chi connectivity index (χ0n) is 24.4. The SMILES string of the molecule is O=COCCOCCOc1ccc(/C(=C(\c2ccccc2)c2ccc(OCCOCCC(=O)O)cc2)c2ccccc2)cc1. The maximum Gasteiger partial charge on any atom is 0.305 e. The molecule has 4 aromatic rings. The van der Waals surface area contributed by atoms with E-state index in [1.54, 1.807) is 0 Å². The Balaban J connectivity index is 1.58. The minimum Gasteiger partial charge on any atom is -0.491 e. The van der Waals surface area contributed by atoms with Gasteiger partial charge in [0, 0.05) is 0 Å². The maximum atomic E-state index is 10.6. The minimum absolute atomic E-state index is 0.0296. The molecule has 4 aromatic carbocycles. The van der Waals surface area contributed by atoms with E-state index >= 15 is 0 Å². The molecule has 0 aliphatic carbocycles. The fraction of sp³-hybridized carbons (Fsp3) is 0.222. The van der Waals surface area contributed by atoms with Crippen LogP contribution in [0.4, 0.5) is 0 Å². The first-order valence-electron chi connectivity index (χ1n) is 14.4. The van der Waals surface area contributed by atoms with Gasteiger partial charge >= 0.3 is 5.97 Å². The van der Waals surface area contributed by atoms with Crippen molar-refractivity contribution in [1.82, 2.24) is 0 Å². The van der Waals surface area contributed by atoms with Crippen LogP contribution in [0, 0.1) is 0 Å². The second kappa shape index (κ2) is 17.9. The van der Waals surface area contributed by atoms with Crippen LogP contribution in [0.2, 0.25) is 0 Å². The predicted molar refractivity (Wildman–Crippen MR) is 168 cm³/mol. The highest BCUT2D eigenvalue weighted by Crippen LogP contribution is 2.37. The number of benzene rings is 4. The van der Waals surface area contributed by atoms with Crippen molar-refractivity contribution in [3.8, 4) is 11.5 Å². The van der Waals surface area contributed by atoms with Gasteiger partial charge in [-0.15, -0.1) is 0 Å². The largest absolute Gasteiger partial charge is 0.491 e. The van der Waals surface area contributed by atoms with Crippen molar-refractivity contribution in [1.29, 1.82) is 0 Å². The van der Waals surface area contributed by atoms with Crippen LogP contribution in [0.5, 0.6) is 11.5 Å². The fourth-order valence-corrected chi connectivity index (χ4v) is 4.51. The Labute approximate surface area is 257 Å². The molecule has 44 heavy (non-hydrogen) atoms. The van der Waals surface area contributed by atoms with Crippen LogP contribution in [-0.2, 0) is 23.8 Å². The van der Waals surface area contributed by atoms with Crippen molar-refractivity contribution < 1.29 is 38.4 Å². The van der Waals surface area contributed by atoms with Gasteiger partial charge in [-0.05, 0) is 57.7 Å². The summed E-state index contributed by atoms with van der Waals surface area (Å²) in [5, 5.41) is 8.73. The first-order chi connectivity index (χ1) is 21.7. The number of carbonyl (C=O) groups excluding carboxylic acids is 1. The second-order valence-corrected chi connectivity index (χ2v) is 9.56. The van der Waals surface area contributed by atoms with Crippen molar-refractivity contribution in [2.24, 2.45) is 0 Å². The van der Waals surface area contributed by atoms with Gasteiger partial charge < -0.3 is 28.8 Å². The molecule has 0 aromatic heterocycles. The zero-order chi connectivity index (χ0) is 30.8. The average Bonchev–Trinajstić information content (AvgIpc) is 3.06. The highest BCUT2D eigenvalue weighted by molar-refractivity contribution is 6.04. The van der Waals surface area contributed by atoms with Crippen LogP contribution in [0.25, 0.3) is 11.1 Å². The molecule has 8 nitrogen and oxygen atoms in total. The first-order valence-corrected chi connectivity index (χ1v) is 14.4. The minimum atomic E-state index is -0.885. The molecule has 0 saturated carbocycles. The number of carboxylic acid groups (broad SMARTS) is 1. The molecule has 0 fully saturated rings. The molecule has 1 N–H and O–H groups in total. The molecule has 0 atom stereocenters. The van der Waals surface area contributed by atoms with E-state index in [9.17, 15) is 9.59 Å². The molecule has 0 aliphatic rings. The van der Waals surface area contributed by atoms with Crippen LogP contribution in [0.1, 0.15) is 28.7 Å². The highest BCUT2D eigenvalue weighted by Gasteiger charge is 2.16. The predicted octanol–water partition coefficient (Wildman–Crippen LogP) is 6.13. The van der Waals surface area contributed by atoms with E-state index in [2.05, 4.69) is 41.1 Å². The molecule has 8 heteroatoms. The number of carboxylic acids is 1. The Bertz CT molecular complexity index is 1450. The topological polar surface area (TPSA) is 101 Å². The molecule has 0 saturated heterocycles. The van der Waals surface area contributed by atoms with Gasteiger partial charge in [-0.3, -0.25) is 9.59 Å². The number of hydrogen-bond donors (Lipinski definition) is 1. The van der Waals surface area contributed by atoms with Crippen molar-refractivity contribution in [2.75, 3.05) is 46.2 Å². The molecule has 0 radical (unpaired) electrons. The van der Waals surface area contributed by atoms with Gasteiger partial charge in [-0.2, -0.15) is 0 Å². The summed E-state index contributed by atoms with van der Waals surface area (Å²) >= 11 is 0. The van der Waals surface area contributed by atoms with Crippen LogP contribution >= 0.6 is 0 Å². The summed E-state index contributed by atoms with van der Waals surface area (Å²) < 4.78 is 27.0. The van der Waals surface area contributed by atoms with Gasteiger partial charge in [0.2, 0.25) is 0 Å². The average molecular weight is 597 g/mol. The summed E-state index contributed by atoms with van der Waals surface area (Å²) in [5.74, 6) is 0.540. The van der Waals surface area contributed by atoms with Crippen LogP contribution in [-0.4, -0.2) is 63.8 Å². The van der Waals surface area contributed by atoms with Crippen molar-refractivity contribution in [3.05, 3.63) is 131 Å². The van der Waals surface area contributed by atoms with Gasteiger partial charge in [0.05, 0.1) is 32.8 Å². The number of rotatable bonds is 19.